The van der Waals surface area contributed by atoms with Crippen molar-refractivity contribution < 1.29 is 19.0 Å². The highest BCUT2D eigenvalue weighted by molar-refractivity contribution is 5.28. The van der Waals surface area contributed by atoms with Gasteiger partial charge in [-0.2, -0.15) is 0 Å². The molecule has 1 aromatic heterocycles. The Hall–Kier alpha value is -1.07. The molecule has 0 aliphatic rings. The molecule has 3 nitrogen and oxygen atoms in total. The Morgan fingerprint density at radius 3 is 2.53 bits per heavy atom. The number of hydrogen-bond acceptors (Lipinski definition) is 3. The maximum atomic E-state index is 12.9. The van der Waals surface area contributed by atoms with E-state index >= 15 is 0 Å². The molecule has 0 aliphatic heterocycles. The van der Waals surface area contributed by atoms with Crippen LogP contribution in [0, 0.1) is 0 Å². The van der Waals surface area contributed by atoms with Gasteiger partial charge in [0.25, 0.3) is 5.92 Å². The van der Waals surface area contributed by atoms with Gasteiger partial charge in [-0.05, 0) is 13.0 Å². The van der Waals surface area contributed by atoms with Crippen molar-refractivity contribution in [3.05, 3.63) is 29.1 Å². The fourth-order valence-electron chi connectivity index (χ4n) is 1.24. The first-order valence-electron chi connectivity index (χ1n) is 4.52. The smallest absolute Gasteiger partial charge is 0.272 e. The van der Waals surface area contributed by atoms with Crippen molar-refractivity contribution in [2.45, 2.75) is 32.5 Å². The molecule has 0 bridgehead atoms. The molecule has 0 aliphatic carbocycles. The van der Waals surface area contributed by atoms with Crippen LogP contribution in [0.2, 0.25) is 0 Å². The number of hydrogen-bond donors (Lipinski definition) is 2. The Morgan fingerprint density at radius 1 is 1.53 bits per heavy atom. The predicted octanol–water partition coefficient (Wildman–Crippen LogP) is 1.74. The number of rotatable bonds is 3. The Bertz CT molecular complexity index is 348. The van der Waals surface area contributed by atoms with E-state index in [0.29, 0.717) is 0 Å². The van der Waals surface area contributed by atoms with E-state index in [0.717, 1.165) is 13.1 Å². The van der Waals surface area contributed by atoms with Crippen LogP contribution >= 0.6 is 0 Å². The minimum absolute atomic E-state index is 0.220. The summed E-state index contributed by atoms with van der Waals surface area (Å²) in [5.74, 6) is -3.00. The van der Waals surface area contributed by atoms with Crippen molar-refractivity contribution in [3.8, 4) is 0 Å². The largest absolute Gasteiger partial charge is 0.390 e. The molecule has 1 atom stereocenters. The predicted molar refractivity (Wildman–Crippen MR) is 50.4 cm³/mol. The molecule has 0 saturated carbocycles. The van der Waals surface area contributed by atoms with Gasteiger partial charge in [0.15, 0.2) is 0 Å². The highest BCUT2D eigenvalue weighted by Gasteiger charge is 2.26. The molecule has 1 aromatic rings. The van der Waals surface area contributed by atoms with E-state index in [1.54, 1.807) is 0 Å². The molecular weight excluding hydrogens is 204 g/mol. The maximum Gasteiger partial charge on any atom is 0.272 e. The van der Waals surface area contributed by atoms with Crippen molar-refractivity contribution in [1.82, 2.24) is 4.98 Å². The Kier molecular flexibility index (Phi) is 3.36. The fraction of sp³-hybridized carbons (Fsp3) is 0.500. The minimum atomic E-state index is -3.00. The van der Waals surface area contributed by atoms with Gasteiger partial charge in [-0.15, -0.1) is 0 Å². The van der Waals surface area contributed by atoms with E-state index in [2.05, 4.69) is 4.98 Å². The second-order valence-electron chi connectivity index (χ2n) is 3.48. The summed E-state index contributed by atoms with van der Waals surface area (Å²) in [6, 6.07) is 1.17. The van der Waals surface area contributed by atoms with Crippen LogP contribution in [0.25, 0.3) is 0 Å². The van der Waals surface area contributed by atoms with Gasteiger partial charge in [0.1, 0.15) is 0 Å². The molecule has 0 aromatic carbocycles. The van der Waals surface area contributed by atoms with Crippen LogP contribution < -0.4 is 0 Å². The van der Waals surface area contributed by atoms with Crippen LogP contribution in [0.1, 0.15) is 36.8 Å². The lowest BCUT2D eigenvalue weighted by Crippen LogP contribution is -2.11. The van der Waals surface area contributed by atoms with E-state index in [1.807, 2.05) is 0 Å². The van der Waals surface area contributed by atoms with Crippen molar-refractivity contribution >= 4 is 0 Å². The van der Waals surface area contributed by atoms with E-state index < -0.39 is 12.0 Å². The summed E-state index contributed by atoms with van der Waals surface area (Å²) < 4.78 is 25.9. The third-order valence-corrected chi connectivity index (χ3v) is 2.11. The molecule has 1 unspecified atom stereocenters. The number of aromatic nitrogens is 1. The molecule has 5 heteroatoms. The lowest BCUT2D eigenvalue weighted by atomic mass is 10.0. The van der Waals surface area contributed by atoms with Gasteiger partial charge in [-0.3, -0.25) is 4.98 Å². The first-order chi connectivity index (χ1) is 6.86. The minimum Gasteiger partial charge on any atom is -0.390 e. The molecular formula is C10H13F2NO2. The van der Waals surface area contributed by atoms with Gasteiger partial charge in [0.05, 0.1) is 18.4 Å². The zero-order valence-electron chi connectivity index (χ0n) is 8.54. The summed E-state index contributed by atoms with van der Waals surface area (Å²) in [5, 5.41) is 18.2. The van der Waals surface area contributed by atoms with E-state index in [4.69, 9.17) is 5.11 Å². The molecule has 0 fully saturated rings. The number of aliphatic hydroxyl groups excluding tert-OH is 2. The normalized spacial score (nSPS) is 14.0. The highest BCUT2D eigenvalue weighted by atomic mass is 19.3. The molecule has 84 valence electrons. The second kappa shape index (κ2) is 4.20. The third-order valence-electron chi connectivity index (χ3n) is 2.11. The van der Waals surface area contributed by atoms with Crippen LogP contribution in [-0.4, -0.2) is 15.2 Å². The summed E-state index contributed by atoms with van der Waals surface area (Å²) in [7, 11) is 0. The Labute approximate surface area is 86.4 Å². The van der Waals surface area contributed by atoms with Crippen molar-refractivity contribution in [3.63, 3.8) is 0 Å². The molecule has 0 radical (unpaired) electrons. The summed E-state index contributed by atoms with van der Waals surface area (Å²) in [5.41, 5.74) is 0.185. The third kappa shape index (κ3) is 2.70. The van der Waals surface area contributed by atoms with E-state index in [1.165, 1.54) is 13.0 Å². The zero-order valence-corrected chi connectivity index (χ0v) is 8.54. The summed E-state index contributed by atoms with van der Waals surface area (Å²) >= 11 is 0. The Morgan fingerprint density at radius 2 is 2.13 bits per heavy atom. The number of aliphatic hydroxyl groups is 2. The van der Waals surface area contributed by atoms with Crippen molar-refractivity contribution in [1.29, 1.82) is 0 Å². The van der Waals surface area contributed by atoms with Gasteiger partial charge in [0, 0.05) is 24.2 Å². The average molecular weight is 217 g/mol. The number of pyridine rings is 1. The molecule has 1 heterocycles. The van der Waals surface area contributed by atoms with Gasteiger partial charge < -0.3 is 10.2 Å². The topological polar surface area (TPSA) is 53.4 Å². The van der Waals surface area contributed by atoms with Crippen LogP contribution in [0.4, 0.5) is 8.78 Å². The van der Waals surface area contributed by atoms with Crippen LogP contribution in [0.15, 0.2) is 12.3 Å². The first-order valence-corrected chi connectivity index (χ1v) is 4.52. The molecule has 0 amide bonds. The van der Waals surface area contributed by atoms with Crippen molar-refractivity contribution in [2.75, 3.05) is 0 Å². The first kappa shape index (κ1) is 12.0. The van der Waals surface area contributed by atoms with Crippen LogP contribution in [0.3, 0.4) is 0 Å². The molecule has 2 N–H and O–H groups in total. The number of alkyl halides is 2. The lowest BCUT2D eigenvalue weighted by molar-refractivity contribution is 0.0167. The standard InChI is InChI=1S/C10H13F2NO2/c1-6(15)8-3-7(10(2,11)12)4-13-9(8)5-14/h3-4,6,14-15H,5H2,1-2H3. The fourth-order valence-corrected chi connectivity index (χ4v) is 1.24. The summed E-state index contributed by atoms with van der Waals surface area (Å²) in [6.07, 6.45) is 0.0826. The maximum absolute atomic E-state index is 12.9. The number of nitrogens with zero attached hydrogens (tertiary/aromatic N) is 1. The molecule has 1 rings (SSSR count). The van der Waals surface area contributed by atoms with Crippen LogP contribution in [0.5, 0.6) is 0 Å². The van der Waals surface area contributed by atoms with Gasteiger partial charge >= 0.3 is 0 Å². The van der Waals surface area contributed by atoms with Crippen molar-refractivity contribution in [2.24, 2.45) is 0 Å². The lowest BCUT2D eigenvalue weighted by Gasteiger charge is -2.15. The monoisotopic (exact) mass is 217 g/mol. The molecule has 15 heavy (non-hydrogen) atoms. The Balaban J connectivity index is 3.22. The second-order valence-corrected chi connectivity index (χ2v) is 3.48. The average Bonchev–Trinajstić information content (AvgIpc) is 2.15. The number of halogens is 2. The highest BCUT2D eigenvalue weighted by Crippen LogP contribution is 2.29. The van der Waals surface area contributed by atoms with Crippen LogP contribution in [-0.2, 0) is 12.5 Å². The quantitative estimate of drug-likeness (QED) is 0.810. The van der Waals surface area contributed by atoms with Gasteiger partial charge in [0.2, 0.25) is 0 Å². The van der Waals surface area contributed by atoms with Gasteiger partial charge in [-0.1, -0.05) is 0 Å². The van der Waals surface area contributed by atoms with E-state index in [9.17, 15) is 13.9 Å². The summed E-state index contributed by atoms with van der Waals surface area (Å²) in [6.45, 7) is 1.82. The zero-order chi connectivity index (χ0) is 11.6. The van der Waals surface area contributed by atoms with E-state index in [-0.39, 0.29) is 23.4 Å². The SMILES string of the molecule is CC(O)c1cc(C(C)(F)F)cnc1CO. The van der Waals surface area contributed by atoms with Gasteiger partial charge in [-0.25, -0.2) is 8.78 Å². The summed E-state index contributed by atoms with van der Waals surface area (Å²) in [4.78, 5) is 3.69. The molecule has 0 saturated heterocycles. The molecule has 0 spiro atoms.